The fourth-order valence-electron chi connectivity index (χ4n) is 3.64. The van der Waals surface area contributed by atoms with Crippen LogP contribution in [0.5, 0.6) is 0 Å². The number of hydrogen-bond donors (Lipinski definition) is 2. The molecular weight excluding hydrogens is 383 g/mol. The molecule has 1 atom stereocenters. The fourth-order valence-corrected chi connectivity index (χ4v) is 4.30. The Hall–Kier alpha value is -1.81. The topological polar surface area (TPSA) is 24.1 Å². The maximum atomic E-state index is 6.47. The van der Waals surface area contributed by atoms with Crippen LogP contribution >= 0.6 is 35.4 Å². The van der Waals surface area contributed by atoms with Crippen molar-refractivity contribution >= 4 is 46.6 Å². The smallest absolute Gasteiger partial charge is 0.171 e. The summed E-state index contributed by atoms with van der Waals surface area (Å²) in [6.07, 6.45) is 5.26. The highest BCUT2D eigenvalue weighted by Crippen LogP contribution is 2.40. The van der Waals surface area contributed by atoms with Gasteiger partial charge in [-0.25, -0.2) is 0 Å². The van der Waals surface area contributed by atoms with Crippen molar-refractivity contribution in [1.82, 2.24) is 10.6 Å². The number of hydrogen-bond acceptors (Lipinski definition) is 1. The monoisotopic (exact) mass is 400 g/mol. The van der Waals surface area contributed by atoms with Crippen molar-refractivity contribution in [3.05, 3.63) is 86.5 Å². The Morgan fingerprint density at radius 1 is 0.962 bits per heavy atom. The molecular formula is C21H18Cl2N2S. The Balaban J connectivity index is 1.81. The lowest BCUT2D eigenvalue weighted by Crippen LogP contribution is -2.45. The van der Waals surface area contributed by atoms with Crippen LogP contribution in [0.4, 0.5) is 0 Å². The minimum Gasteiger partial charge on any atom is -0.352 e. The van der Waals surface area contributed by atoms with Crippen LogP contribution in [-0.4, -0.2) is 5.11 Å². The van der Waals surface area contributed by atoms with Gasteiger partial charge in [-0.2, -0.15) is 0 Å². The molecule has 0 bridgehead atoms. The molecule has 2 aliphatic rings. The van der Waals surface area contributed by atoms with Crippen LogP contribution in [-0.2, 0) is 0 Å². The van der Waals surface area contributed by atoms with Crippen molar-refractivity contribution in [2.24, 2.45) is 0 Å². The van der Waals surface area contributed by atoms with E-state index in [1.807, 2.05) is 42.5 Å². The van der Waals surface area contributed by atoms with Gasteiger partial charge >= 0.3 is 0 Å². The van der Waals surface area contributed by atoms with Gasteiger partial charge in [0.25, 0.3) is 0 Å². The van der Waals surface area contributed by atoms with Crippen molar-refractivity contribution < 1.29 is 0 Å². The number of rotatable bonds is 2. The van der Waals surface area contributed by atoms with Gasteiger partial charge in [0.2, 0.25) is 0 Å². The summed E-state index contributed by atoms with van der Waals surface area (Å²) in [5.74, 6) is 0. The van der Waals surface area contributed by atoms with Crippen LogP contribution in [0.1, 0.15) is 36.4 Å². The summed E-state index contributed by atoms with van der Waals surface area (Å²) in [5.41, 5.74) is 5.74. The lowest BCUT2D eigenvalue weighted by molar-refractivity contribution is 0.609. The third-order valence-corrected chi connectivity index (χ3v) is 5.76. The molecule has 0 spiro atoms. The lowest BCUT2D eigenvalue weighted by atomic mass is 9.83. The maximum Gasteiger partial charge on any atom is 0.171 e. The molecule has 0 aromatic heterocycles. The molecule has 4 rings (SSSR count). The fraction of sp³-hybridized carbons (Fsp3) is 0.190. The predicted octanol–water partition coefficient (Wildman–Crippen LogP) is 6.03. The molecule has 26 heavy (non-hydrogen) atoms. The molecule has 0 amide bonds. The van der Waals surface area contributed by atoms with E-state index in [0.29, 0.717) is 5.11 Å². The van der Waals surface area contributed by atoms with Gasteiger partial charge in [-0.1, -0.05) is 59.6 Å². The molecule has 1 unspecified atom stereocenters. The first-order chi connectivity index (χ1) is 12.6. The van der Waals surface area contributed by atoms with Crippen molar-refractivity contribution in [2.75, 3.05) is 0 Å². The third-order valence-electron chi connectivity index (χ3n) is 4.85. The zero-order chi connectivity index (χ0) is 18.1. The first-order valence-corrected chi connectivity index (χ1v) is 9.80. The number of allylic oxidation sites excluding steroid dienone is 1. The van der Waals surface area contributed by atoms with Crippen molar-refractivity contribution in [2.45, 2.75) is 25.3 Å². The molecule has 1 aliphatic carbocycles. The van der Waals surface area contributed by atoms with Crippen LogP contribution < -0.4 is 10.6 Å². The number of nitrogens with one attached hydrogen (secondary N) is 2. The molecule has 2 aromatic carbocycles. The van der Waals surface area contributed by atoms with Crippen LogP contribution in [0.2, 0.25) is 10.0 Å². The van der Waals surface area contributed by atoms with E-state index in [9.17, 15) is 0 Å². The van der Waals surface area contributed by atoms with Gasteiger partial charge in [0, 0.05) is 15.7 Å². The van der Waals surface area contributed by atoms with Crippen LogP contribution in [0.3, 0.4) is 0 Å². The van der Waals surface area contributed by atoms with E-state index < -0.39 is 0 Å². The summed E-state index contributed by atoms with van der Waals surface area (Å²) in [7, 11) is 0. The molecule has 0 saturated carbocycles. The quantitative estimate of drug-likeness (QED) is 0.601. The molecule has 2 N–H and O–H groups in total. The average Bonchev–Trinajstić information content (AvgIpc) is 2.64. The molecule has 0 saturated heterocycles. The summed E-state index contributed by atoms with van der Waals surface area (Å²) < 4.78 is 0. The first kappa shape index (κ1) is 17.6. The van der Waals surface area contributed by atoms with E-state index in [1.165, 1.54) is 11.1 Å². The molecule has 1 aliphatic heterocycles. The van der Waals surface area contributed by atoms with Gasteiger partial charge in [0.05, 0.1) is 6.04 Å². The van der Waals surface area contributed by atoms with Gasteiger partial charge in [-0.05, 0) is 72.0 Å². The number of benzene rings is 2. The van der Waals surface area contributed by atoms with E-state index >= 15 is 0 Å². The Morgan fingerprint density at radius 2 is 1.69 bits per heavy atom. The van der Waals surface area contributed by atoms with Crippen LogP contribution in [0.15, 0.2) is 65.4 Å². The SMILES string of the molecule is S=C1NC2=C(CCC/C2=C\c2ccccc2Cl)C(c2ccccc2Cl)N1. The highest BCUT2D eigenvalue weighted by Gasteiger charge is 2.31. The van der Waals surface area contributed by atoms with E-state index in [4.69, 9.17) is 35.4 Å². The molecule has 1 heterocycles. The lowest BCUT2D eigenvalue weighted by Gasteiger charge is -2.36. The maximum absolute atomic E-state index is 6.47. The summed E-state index contributed by atoms with van der Waals surface area (Å²) >= 11 is 18.3. The highest BCUT2D eigenvalue weighted by atomic mass is 35.5. The second-order valence-electron chi connectivity index (χ2n) is 6.50. The minimum atomic E-state index is 0.00222. The summed E-state index contributed by atoms with van der Waals surface area (Å²) in [4.78, 5) is 0. The van der Waals surface area contributed by atoms with Gasteiger partial charge < -0.3 is 10.6 Å². The van der Waals surface area contributed by atoms with Gasteiger partial charge in [0.1, 0.15) is 0 Å². The Morgan fingerprint density at radius 3 is 2.46 bits per heavy atom. The normalized spacial score (nSPS) is 21.2. The number of halogens is 2. The molecule has 5 heteroatoms. The third kappa shape index (κ3) is 3.39. The Kier molecular flexibility index (Phi) is 5.03. The number of thiocarbonyl (C=S) groups is 1. The van der Waals surface area contributed by atoms with Crippen molar-refractivity contribution in [3.63, 3.8) is 0 Å². The van der Waals surface area contributed by atoms with Gasteiger partial charge in [-0.15, -0.1) is 0 Å². The molecule has 132 valence electrons. The highest BCUT2D eigenvalue weighted by molar-refractivity contribution is 7.80. The molecule has 2 aromatic rings. The first-order valence-electron chi connectivity index (χ1n) is 8.64. The van der Waals surface area contributed by atoms with Gasteiger partial charge in [-0.3, -0.25) is 0 Å². The molecule has 0 fully saturated rings. The molecule has 2 nitrogen and oxygen atoms in total. The Bertz CT molecular complexity index is 933. The predicted molar refractivity (Wildman–Crippen MR) is 113 cm³/mol. The van der Waals surface area contributed by atoms with E-state index in [1.54, 1.807) is 0 Å². The summed E-state index contributed by atoms with van der Waals surface area (Å²) in [6.45, 7) is 0. The minimum absolute atomic E-state index is 0.00222. The van der Waals surface area contributed by atoms with Crippen LogP contribution in [0, 0.1) is 0 Å². The van der Waals surface area contributed by atoms with Crippen molar-refractivity contribution in [1.29, 1.82) is 0 Å². The summed E-state index contributed by atoms with van der Waals surface area (Å²) in [5, 5.41) is 8.90. The molecule has 0 radical (unpaired) electrons. The van der Waals surface area contributed by atoms with Crippen LogP contribution in [0.25, 0.3) is 6.08 Å². The zero-order valence-corrected chi connectivity index (χ0v) is 16.4. The zero-order valence-electron chi connectivity index (χ0n) is 14.1. The second kappa shape index (κ2) is 7.43. The van der Waals surface area contributed by atoms with Gasteiger partial charge in [0.15, 0.2) is 5.11 Å². The van der Waals surface area contributed by atoms with E-state index in [2.05, 4.69) is 22.8 Å². The van der Waals surface area contributed by atoms with E-state index in [0.717, 1.165) is 46.1 Å². The largest absolute Gasteiger partial charge is 0.352 e. The van der Waals surface area contributed by atoms with E-state index in [-0.39, 0.29) is 6.04 Å². The second-order valence-corrected chi connectivity index (χ2v) is 7.72. The standard InChI is InChI=1S/C21H18Cl2N2S/c22-17-10-3-1-6-13(17)12-14-7-5-9-16-19(14)24-21(26)25-20(16)15-8-2-4-11-18(15)23/h1-4,6,8,10-12,20H,5,7,9H2,(H2,24,25,26)/b14-12+. The average molecular weight is 401 g/mol. The van der Waals surface area contributed by atoms with Crippen molar-refractivity contribution in [3.8, 4) is 0 Å². The summed E-state index contributed by atoms with van der Waals surface area (Å²) in [6, 6.07) is 15.8. The Labute approximate surface area is 168 Å².